The Kier molecular flexibility index (Phi) is 2.62. The van der Waals surface area contributed by atoms with Gasteiger partial charge in [0.15, 0.2) is 0 Å². The Bertz CT molecular complexity index is 299. The average molecular weight is 229 g/mol. The Hall–Kier alpha value is -0.810. The molecule has 2 unspecified atom stereocenters. The molecule has 5 heteroatoms. The van der Waals surface area contributed by atoms with Crippen LogP contribution in [0.3, 0.4) is 0 Å². The molecule has 0 spiro atoms. The highest BCUT2D eigenvalue weighted by molar-refractivity contribution is 5.70. The molecule has 2 bridgehead atoms. The molecular formula is C11H19NO4. The number of aliphatic hydroxyl groups is 1. The Labute approximate surface area is 95.3 Å². The van der Waals surface area contributed by atoms with E-state index in [1.54, 1.807) is 4.90 Å². The zero-order valence-corrected chi connectivity index (χ0v) is 10.0. The molecule has 0 aliphatic carbocycles. The molecule has 2 aliphatic rings. The highest BCUT2D eigenvalue weighted by Crippen LogP contribution is 2.38. The van der Waals surface area contributed by atoms with E-state index < -0.39 is 11.1 Å². The number of ether oxygens (including phenoxy) is 2. The quantitative estimate of drug-likeness (QED) is 0.721. The van der Waals surface area contributed by atoms with Crippen molar-refractivity contribution in [1.82, 2.24) is 4.90 Å². The second-order valence-corrected chi connectivity index (χ2v) is 5.61. The van der Waals surface area contributed by atoms with Gasteiger partial charge in [0.25, 0.3) is 0 Å². The smallest absolute Gasteiger partial charge is 0.411 e. The minimum atomic E-state index is -0.549. The van der Waals surface area contributed by atoms with Gasteiger partial charge >= 0.3 is 6.09 Å². The van der Waals surface area contributed by atoms with Crippen molar-refractivity contribution in [3.8, 4) is 0 Å². The zero-order chi connectivity index (χ0) is 12.0. The molecular weight excluding hydrogens is 210 g/mol. The fourth-order valence-corrected chi connectivity index (χ4v) is 2.30. The van der Waals surface area contributed by atoms with Crippen molar-refractivity contribution < 1.29 is 19.4 Å². The lowest BCUT2D eigenvalue weighted by atomic mass is 10.0. The summed E-state index contributed by atoms with van der Waals surface area (Å²) in [7, 11) is 0. The second kappa shape index (κ2) is 3.60. The number of nitrogens with zero attached hydrogens (tertiary/aromatic N) is 1. The van der Waals surface area contributed by atoms with Crippen LogP contribution in [0.15, 0.2) is 0 Å². The van der Waals surface area contributed by atoms with E-state index in [1.807, 2.05) is 20.8 Å². The van der Waals surface area contributed by atoms with E-state index in [0.29, 0.717) is 19.6 Å². The molecule has 2 aliphatic heterocycles. The first-order valence-corrected chi connectivity index (χ1v) is 5.59. The predicted octanol–water partition coefficient (Wildman–Crippen LogP) is 0.757. The summed E-state index contributed by atoms with van der Waals surface area (Å²) in [6, 6.07) is 0. The SMILES string of the molecule is CC(C)(C)OC(=O)N1CC2CC1(CO)CO2. The van der Waals surface area contributed by atoms with Gasteiger partial charge in [0.1, 0.15) is 5.60 Å². The molecule has 92 valence electrons. The van der Waals surface area contributed by atoms with Crippen molar-refractivity contribution >= 4 is 6.09 Å². The molecule has 2 heterocycles. The summed E-state index contributed by atoms with van der Waals surface area (Å²) in [4.78, 5) is 13.6. The highest BCUT2D eigenvalue weighted by atomic mass is 16.6. The molecule has 0 saturated carbocycles. The summed E-state index contributed by atoms with van der Waals surface area (Å²) in [6.07, 6.45) is 0.412. The maximum absolute atomic E-state index is 12.0. The number of morpholine rings is 1. The standard InChI is InChI=1S/C11H19NO4/c1-10(2,3)16-9(14)12-5-8-4-11(12,6-13)7-15-8/h8,13H,4-7H2,1-3H3. The van der Waals surface area contributed by atoms with Gasteiger partial charge in [-0.2, -0.15) is 0 Å². The van der Waals surface area contributed by atoms with Gasteiger partial charge in [-0.25, -0.2) is 4.79 Å². The van der Waals surface area contributed by atoms with Gasteiger partial charge in [0.2, 0.25) is 0 Å². The van der Waals surface area contributed by atoms with Gasteiger partial charge < -0.3 is 14.6 Å². The molecule has 2 atom stereocenters. The van der Waals surface area contributed by atoms with Crippen molar-refractivity contribution in [3.05, 3.63) is 0 Å². The maximum atomic E-state index is 12.0. The number of aliphatic hydroxyl groups excluding tert-OH is 1. The first-order chi connectivity index (χ1) is 7.36. The average Bonchev–Trinajstić information content (AvgIpc) is 2.72. The lowest BCUT2D eigenvalue weighted by molar-refractivity contribution is -0.0476. The van der Waals surface area contributed by atoms with Crippen LogP contribution in [0, 0.1) is 0 Å². The number of carbonyl (C=O) groups excluding carboxylic acids is 1. The summed E-state index contributed by atoms with van der Waals surface area (Å²) >= 11 is 0. The van der Waals surface area contributed by atoms with E-state index >= 15 is 0 Å². The van der Waals surface area contributed by atoms with Crippen molar-refractivity contribution in [1.29, 1.82) is 0 Å². The van der Waals surface area contributed by atoms with Gasteiger partial charge in [-0.15, -0.1) is 0 Å². The predicted molar refractivity (Wildman–Crippen MR) is 57.1 cm³/mol. The summed E-state index contributed by atoms with van der Waals surface area (Å²) in [6.45, 7) is 6.37. The molecule has 1 amide bonds. The number of rotatable bonds is 1. The van der Waals surface area contributed by atoms with E-state index in [9.17, 15) is 9.90 Å². The van der Waals surface area contributed by atoms with Crippen LogP contribution in [-0.4, -0.2) is 53.1 Å². The second-order valence-electron chi connectivity index (χ2n) is 5.61. The third-order valence-corrected chi connectivity index (χ3v) is 3.06. The van der Waals surface area contributed by atoms with Crippen LogP contribution in [0.1, 0.15) is 27.2 Å². The normalized spacial score (nSPS) is 33.2. The first-order valence-electron chi connectivity index (χ1n) is 5.59. The molecule has 2 fully saturated rings. The Morgan fingerprint density at radius 2 is 2.31 bits per heavy atom. The number of carbonyl (C=O) groups is 1. The van der Waals surface area contributed by atoms with Gasteiger partial charge in [-0.05, 0) is 20.8 Å². The number of hydrogen-bond acceptors (Lipinski definition) is 4. The molecule has 2 saturated heterocycles. The van der Waals surface area contributed by atoms with Crippen molar-refractivity contribution in [3.63, 3.8) is 0 Å². The van der Waals surface area contributed by atoms with E-state index in [0.717, 1.165) is 0 Å². The maximum Gasteiger partial charge on any atom is 0.411 e. The third kappa shape index (κ3) is 1.89. The zero-order valence-electron chi connectivity index (χ0n) is 10.0. The molecule has 2 rings (SSSR count). The Balaban J connectivity index is 2.08. The molecule has 1 N–H and O–H groups in total. The molecule has 0 aromatic heterocycles. The van der Waals surface area contributed by atoms with Crippen LogP contribution in [0.4, 0.5) is 4.79 Å². The lowest BCUT2D eigenvalue weighted by Crippen LogP contribution is -2.55. The fraction of sp³-hybridized carbons (Fsp3) is 0.909. The summed E-state index contributed by atoms with van der Waals surface area (Å²) in [5.74, 6) is 0. The van der Waals surface area contributed by atoms with Crippen LogP contribution in [0.2, 0.25) is 0 Å². The van der Waals surface area contributed by atoms with Crippen molar-refractivity contribution in [2.45, 2.75) is 44.4 Å². The Morgan fingerprint density at radius 1 is 1.62 bits per heavy atom. The first kappa shape index (κ1) is 11.7. The molecule has 0 aromatic carbocycles. The third-order valence-electron chi connectivity index (χ3n) is 3.06. The van der Waals surface area contributed by atoms with Gasteiger partial charge in [-0.1, -0.05) is 0 Å². The van der Waals surface area contributed by atoms with E-state index in [-0.39, 0.29) is 18.8 Å². The van der Waals surface area contributed by atoms with Crippen LogP contribution in [0.25, 0.3) is 0 Å². The van der Waals surface area contributed by atoms with Crippen molar-refractivity contribution in [2.75, 3.05) is 19.8 Å². The summed E-state index contributed by atoms with van der Waals surface area (Å²) in [5, 5.41) is 9.43. The molecule has 0 radical (unpaired) electrons. The van der Waals surface area contributed by atoms with Crippen LogP contribution >= 0.6 is 0 Å². The van der Waals surface area contributed by atoms with Gasteiger partial charge in [-0.3, -0.25) is 4.90 Å². The van der Waals surface area contributed by atoms with E-state index in [2.05, 4.69) is 0 Å². The monoisotopic (exact) mass is 229 g/mol. The van der Waals surface area contributed by atoms with Crippen LogP contribution in [-0.2, 0) is 9.47 Å². The summed E-state index contributed by atoms with van der Waals surface area (Å²) in [5.41, 5.74) is -1.05. The van der Waals surface area contributed by atoms with Gasteiger partial charge in [0.05, 0.1) is 31.4 Å². The van der Waals surface area contributed by atoms with Crippen LogP contribution < -0.4 is 0 Å². The minimum absolute atomic E-state index is 0.0552. The Morgan fingerprint density at radius 3 is 2.81 bits per heavy atom. The molecule has 0 aromatic rings. The summed E-state index contributed by atoms with van der Waals surface area (Å²) < 4.78 is 10.8. The van der Waals surface area contributed by atoms with Gasteiger partial charge in [0, 0.05) is 6.42 Å². The van der Waals surface area contributed by atoms with Crippen molar-refractivity contribution in [2.24, 2.45) is 0 Å². The fourth-order valence-electron chi connectivity index (χ4n) is 2.30. The number of likely N-dealkylation sites (tertiary alicyclic amines) is 1. The molecule has 5 nitrogen and oxygen atoms in total. The number of hydrogen-bond donors (Lipinski definition) is 1. The van der Waals surface area contributed by atoms with E-state index in [1.165, 1.54) is 0 Å². The number of amides is 1. The minimum Gasteiger partial charge on any atom is -0.444 e. The highest BCUT2D eigenvalue weighted by Gasteiger charge is 2.54. The molecule has 16 heavy (non-hydrogen) atoms. The van der Waals surface area contributed by atoms with E-state index in [4.69, 9.17) is 9.47 Å². The topological polar surface area (TPSA) is 59.0 Å². The lowest BCUT2D eigenvalue weighted by Gasteiger charge is -2.37. The largest absolute Gasteiger partial charge is 0.444 e. The number of fused-ring (bicyclic) bond motifs is 2. The van der Waals surface area contributed by atoms with Crippen LogP contribution in [0.5, 0.6) is 0 Å².